The van der Waals surface area contributed by atoms with Gasteiger partial charge in [0.25, 0.3) is 0 Å². The summed E-state index contributed by atoms with van der Waals surface area (Å²) in [5.41, 5.74) is 0.465. The maximum absolute atomic E-state index is 14.8. The van der Waals surface area contributed by atoms with Gasteiger partial charge in [-0.1, -0.05) is 38.7 Å². The first-order chi connectivity index (χ1) is 15.6. The number of hydrogen-bond donors (Lipinski definition) is 0. The van der Waals surface area contributed by atoms with E-state index < -0.39 is 19.2 Å². The topological polar surface area (TPSA) is 44.8 Å². The Morgan fingerprint density at radius 1 is 0.939 bits per heavy atom. The van der Waals surface area contributed by atoms with Gasteiger partial charge in [-0.2, -0.15) is 4.39 Å². The molecule has 33 heavy (non-hydrogen) atoms. The van der Waals surface area contributed by atoms with Crippen LogP contribution >= 0.6 is 7.60 Å². The summed E-state index contributed by atoms with van der Waals surface area (Å²) in [7, 11) is -3.26. The van der Waals surface area contributed by atoms with Crippen molar-refractivity contribution in [2.75, 3.05) is 12.8 Å². The zero-order chi connectivity index (χ0) is 24.4. The highest BCUT2D eigenvalue weighted by atomic mass is 31.2. The van der Waals surface area contributed by atoms with Crippen molar-refractivity contribution in [2.45, 2.75) is 111 Å². The molecule has 1 aromatic rings. The Kier molecular flexibility index (Phi) is 11.8. The zero-order valence-electron chi connectivity index (χ0n) is 21.1. The van der Waals surface area contributed by atoms with Gasteiger partial charge in [-0.25, -0.2) is 4.39 Å². The number of benzene rings is 1. The van der Waals surface area contributed by atoms with E-state index in [2.05, 4.69) is 6.92 Å². The Morgan fingerprint density at radius 2 is 1.58 bits per heavy atom. The van der Waals surface area contributed by atoms with Crippen LogP contribution < -0.4 is 4.74 Å². The lowest BCUT2D eigenvalue weighted by atomic mass is 9.77. The number of rotatable bonds is 14. The summed E-state index contributed by atoms with van der Waals surface area (Å²) in [4.78, 5) is 0. The molecule has 1 saturated carbocycles. The number of halogens is 2. The third-order valence-corrected chi connectivity index (χ3v) is 8.51. The molecular formula is C26H43F2O4P. The summed E-state index contributed by atoms with van der Waals surface area (Å²) < 4.78 is 58.9. The maximum atomic E-state index is 14.8. The maximum Gasteiger partial charge on any atom is 0.331 e. The molecule has 0 radical (unpaired) electrons. The predicted octanol–water partition coefficient (Wildman–Crippen LogP) is 8.63. The predicted molar refractivity (Wildman–Crippen MR) is 130 cm³/mol. The molecule has 0 bridgehead atoms. The normalized spacial score (nSPS) is 19.4. The van der Waals surface area contributed by atoms with E-state index in [1.54, 1.807) is 33.8 Å². The molecule has 0 aliphatic heterocycles. The van der Waals surface area contributed by atoms with Crippen molar-refractivity contribution in [1.29, 1.82) is 0 Å². The standard InChI is InChI=1S/C26H43F2O4P/c1-6-7-8-10-21-11-13-22(14-12-21)23-15-16-24(26(28)25(23)27)30-17-9-18-33(29,31-19(2)3)32-20(4)5/h15-16,19-22H,6-14,17-18H2,1-5H3. The van der Waals surface area contributed by atoms with E-state index in [4.69, 9.17) is 13.8 Å². The van der Waals surface area contributed by atoms with Gasteiger partial charge < -0.3 is 13.8 Å². The minimum atomic E-state index is -3.26. The quantitative estimate of drug-likeness (QED) is 0.194. The lowest BCUT2D eigenvalue weighted by Crippen LogP contribution is -2.15. The van der Waals surface area contributed by atoms with Crippen molar-refractivity contribution in [3.63, 3.8) is 0 Å². The third-order valence-electron chi connectivity index (χ3n) is 6.16. The van der Waals surface area contributed by atoms with E-state index in [1.165, 1.54) is 31.7 Å². The van der Waals surface area contributed by atoms with Crippen molar-refractivity contribution in [2.24, 2.45) is 5.92 Å². The third kappa shape index (κ3) is 9.30. The number of unbranched alkanes of at least 4 members (excludes halogenated alkanes) is 2. The van der Waals surface area contributed by atoms with Gasteiger partial charge in [0.2, 0.25) is 5.82 Å². The second-order valence-electron chi connectivity index (χ2n) is 9.84. The molecule has 4 nitrogen and oxygen atoms in total. The second kappa shape index (κ2) is 13.8. The summed E-state index contributed by atoms with van der Waals surface area (Å²) >= 11 is 0. The second-order valence-corrected chi connectivity index (χ2v) is 11.9. The van der Waals surface area contributed by atoms with Crippen LogP contribution in [0.2, 0.25) is 0 Å². The first-order valence-electron chi connectivity index (χ1n) is 12.7. The molecule has 0 aromatic heterocycles. The average Bonchev–Trinajstić information content (AvgIpc) is 2.74. The smallest absolute Gasteiger partial charge is 0.331 e. The fourth-order valence-corrected chi connectivity index (χ4v) is 6.69. The molecule has 0 unspecified atom stereocenters. The van der Waals surface area contributed by atoms with Crippen LogP contribution in [0.15, 0.2) is 12.1 Å². The molecule has 0 saturated heterocycles. The van der Waals surface area contributed by atoms with Crippen LogP contribution in [0.3, 0.4) is 0 Å². The fraction of sp³-hybridized carbons (Fsp3) is 0.769. The van der Waals surface area contributed by atoms with E-state index in [0.717, 1.165) is 31.6 Å². The zero-order valence-corrected chi connectivity index (χ0v) is 22.0. The molecule has 190 valence electrons. The Labute approximate surface area is 199 Å². The first kappa shape index (κ1) is 28.3. The molecule has 0 heterocycles. The van der Waals surface area contributed by atoms with Crippen molar-refractivity contribution < 1.29 is 27.1 Å². The molecule has 0 N–H and O–H groups in total. The monoisotopic (exact) mass is 488 g/mol. The van der Waals surface area contributed by atoms with Crippen molar-refractivity contribution >= 4 is 7.60 Å². The van der Waals surface area contributed by atoms with Gasteiger partial charge in [-0.05, 0) is 83.3 Å². The Morgan fingerprint density at radius 3 is 2.15 bits per heavy atom. The Hall–Kier alpha value is -0.970. The molecule has 0 atom stereocenters. The average molecular weight is 489 g/mol. The molecule has 1 aromatic carbocycles. The molecule has 0 spiro atoms. The van der Waals surface area contributed by atoms with Crippen LogP contribution in [0.25, 0.3) is 0 Å². The van der Waals surface area contributed by atoms with Gasteiger partial charge in [0.05, 0.1) is 25.0 Å². The summed E-state index contributed by atoms with van der Waals surface area (Å²) in [5.74, 6) is -1.03. The van der Waals surface area contributed by atoms with Crippen molar-refractivity contribution in [3.8, 4) is 5.75 Å². The van der Waals surface area contributed by atoms with Gasteiger partial charge in [-0.15, -0.1) is 0 Å². The van der Waals surface area contributed by atoms with Crippen molar-refractivity contribution in [1.82, 2.24) is 0 Å². The van der Waals surface area contributed by atoms with Crippen molar-refractivity contribution in [3.05, 3.63) is 29.3 Å². The fourth-order valence-electron chi connectivity index (χ4n) is 4.63. The van der Waals surface area contributed by atoms with Gasteiger partial charge in [0.15, 0.2) is 11.6 Å². The first-order valence-corrected chi connectivity index (χ1v) is 14.4. The summed E-state index contributed by atoms with van der Waals surface area (Å²) in [6.07, 6.45) is 9.05. The molecule has 1 fully saturated rings. The lowest BCUT2D eigenvalue weighted by molar-refractivity contribution is 0.141. The van der Waals surface area contributed by atoms with E-state index in [0.29, 0.717) is 12.0 Å². The molecule has 7 heteroatoms. The van der Waals surface area contributed by atoms with Gasteiger partial charge in [-0.3, -0.25) is 4.57 Å². The van der Waals surface area contributed by atoms with E-state index in [1.807, 2.05) is 0 Å². The Balaban J connectivity index is 1.88. The van der Waals surface area contributed by atoms with E-state index in [9.17, 15) is 13.3 Å². The van der Waals surface area contributed by atoms with Gasteiger partial charge in [0, 0.05) is 0 Å². The highest BCUT2D eigenvalue weighted by Gasteiger charge is 2.28. The summed E-state index contributed by atoms with van der Waals surface area (Å²) in [6, 6.07) is 3.19. The minimum absolute atomic E-state index is 0.0724. The molecule has 0 amide bonds. The molecule has 1 aliphatic rings. The summed E-state index contributed by atoms with van der Waals surface area (Å²) in [6.45, 7) is 9.50. The van der Waals surface area contributed by atoms with Gasteiger partial charge in [0.1, 0.15) is 0 Å². The highest BCUT2D eigenvalue weighted by molar-refractivity contribution is 7.53. The minimum Gasteiger partial charge on any atom is -0.490 e. The molecule has 2 rings (SSSR count). The van der Waals surface area contributed by atoms with Crippen LogP contribution in [-0.2, 0) is 13.6 Å². The SMILES string of the molecule is CCCCCC1CCC(c2ccc(OCCCP(=O)(OC(C)C)OC(C)C)c(F)c2F)CC1. The van der Waals surface area contributed by atoms with E-state index >= 15 is 0 Å². The van der Waals surface area contributed by atoms with Crippen LogP contribution in [0.5, 0.6) is 5.75 Å². The molecule has 1 aliphatic carbocycles. The van der Waals surface area contributed by atoms with Crippen LogP contribution in [0.4, 0.5) is 8.78 Å². The lowest BCUT2D eigenvalue weighted by Gasteiger charge is -2.29. The van der Waals surface area contributed by atoms with Gasteiger partial charge >= 0.3 is 7.60 Å². The number of hydrogen-bond acceptors (Lipinski definition) is 4. The largest absolute Gasteiger partial charge is 0.490 e. The highest BCUT2D eigenvalue weighted by Crippen LogP contribution is 2.51. The summed E-state index contributed by atoms with van der Waals surface area (Å²) in [5, 5.41) is 0. The van der Waals surface area contributed by atoms with E-state index in [-0.39, 0.29) is 36.6 Å². The Bertz CT molecular complexity index is 747. The van der Waals surface area contributed by atoms with Crippen LogP contribution in [0.1, 0.15) is 104 Å². The number of ether oxygens (including phenoxy) is 1. The van der Waals surface area contributed by atoms with Crippen LogP contribution in [0, 0.1) is 17.6 Å². The molecular weight excluding hydrogens is 445 g/mol. The van der Waals surface area contributed by atoms with Crippen LogP contribution in [-0.4, -0.2) is 25.0 Å².